The van der Waals surface area contributed by atoms with Crippen LogP contribution >= 0.6 is 0 Å². The first-order chi connectivity index (χ1) is 13.9. The number of morpholine rings is 1. The third-order valence-corrected chi connectivity index (χ3v) is 5.80. The molecule has 6 nitrogen and oxygen atoms in total. The molecule has 29 heavy (non-hydrogen) atoms. The van der Waals surface area contributed by atoms with Crippen LogP contribution in [0.5, 0.6) is 5.75 Å². The predicted molar refractivity (Wildman–Crippen MR) is 116 cm³/mol. The van der Waals surface area contributed by atoms with Crippen LogP contribution in [0.1, 0.15) is 32.8 Å². The molecular weight excluding hydrogens is 366 g/mol. The van der Waals surface area contributed by atoms with E-state index >= 15 is 0 Å². The van der Waals surface area contributed by atoms with Crippen molar-refractivity contribution in [2.24, 2.45) is 0 Å². The molecular formula is C23H37N3O3. The summed E-state index contributed by atoms with van der Waals surface area (Å²) in [7, 11) is 0. The van der Waals surface area contributed by atoms with Crippen molar-refractivity contribution in [2.75, 3.05) is 72.2 Å². The highest BCUT2D eigenvalue weighted by Gasteiger charge is 2.22. The molecule has 0 radical (unpaired) electrons. The zero-order valence-electron chi connectivity index (χ0n) is 18.4. The summed E-state index contributed by atoms with van der Waals surface area (Å²) < 4.78 is 11.2. The maximum absolute atomic E-state index is 12.4. The highest BCUT2D eigenvalue weighted by Crippen LogP contribution is 2.24. The van der Waals surface area contributed by atoms with E-state index in [1.807, 2.05) is 4.90 Å². The van der Waals surface area contributed by atoms with Gasteiger partial charge in [-0.1, -0.05) is 32.9 Å². The van der Waals surface area contributed by atoms with Crippen molar-refractivity contribution in [2.45, 2.75) is 32.6 Å². The lowest BCUT2D eigenvalue weighted by molar-refractivity contribution is -0.136. The molecule has 162 valence electrons. The van der Waals surface area contributed by atoms with Crippen LogP contribution in [0.4, 0.5) is 0 Å². The molecule has 1 aromatic rings. The SMILES string of the molecule is CC(C)(C)c1ccc(OCCCN2CCN(CC(=O)N3CCOCC3)CC2)cc1. The molecule has 0 aromatic heterocycles. The van der Waals surface area contributed by atoms with Crippen LogP contribution < -0.4 is 4.74 Å². The van der Waals surface area contributed by atoms with Crippen molar-refractivity contribution < 1.29 is 14.3 Å². The molecule has 0 spiro atoms. The molecule has 6 heteroatoms. The number of piperazine rings is 1. The number of ether oxygens (including phenoxy) is 2. The van der Waals surface area contributed by atoms with Crippen molar-refractivity contribution in [3.63, 3.8) is 0 Å². The third-order valence-electron chi connectivity index (χ3n) is 5.80. The Labute approximate surface area is 175 Å². The number of hydrogen-bond acceptors (Lipinski definition) is 5. The molecule has 2 aliphatic heterocycles. The maximum atomic E-state index is 12.4. The Morgan fingerprint density at radius 3 is 2.21 bits per heavy atom. The summed E-state index contributed by atoms with van der Waals surface area (Å²) in [6.07, 6.45) is 1.02. The standard InChI is InChI=1S/C23H37N3O3/c1-23(2,3)20-5-7-21(8-6-20)29-16-4-9-24-10-12-25(13-11-24)19-22(27)26-14-17-28-18-15-26/h5-8H,4,9-19H2,1-3H3. The normalized spacial score (nSPS) is 19.3. The number of nitrogens with zero attached hydrogens (tertiary/aromatic N) is 3. The average molecular weight is 404 g/mol. The Morgan fingerprint density at radius 1 is 0.966 bits per heavy atom. The van der Waals surface area contributed by atoms with Gasteiger partial charge in [0.15, 0.2) is 0 Å². The summed E-state index contributed by atoms with van der Waals surface area (Å²) >= 11 is 0. The molecule has 0 aliphatic carbocycles. The van der Waals surface area contributed by atoms with E-state index in [0.717, 1.165) is 64.6 Å². The van der Waals surface area contributed by atoms with Crippen LogP contribution in [0.2, 0.25) is 0 Å². The minimum Gasteiger partial charge on any atom is -0.494 e. The van der Waals surface area contributed by atoms with Gasteiger partial charge in [-0.05, 0) is 29.5 Å². The van der Waals surface area contributed by atoms with Gasteiger partial charge in [0, 0.05) is 45.8 Å². The minimum absolute atomic E-state index is 0.174. The summed E-state index contributed by atoms with van der Waals surface area (Å²) in [5, 5.41) is 0. The van der Waals surface area contributed by atoms with Gasteiger partial charge in [0.25, 0.3) is 0 Å². The van der Waals surface area contributed by atoms with Gasteiger partial charge < -0.3 is 19.3 Å². The highest BCUT2D eigenvalue weighted by molar-refractivity contribution is 5.78. The summed E-state index contributed by atoms with van der Waals surface area (Å²) in [6.45, 7) is 15.8. The number of amides is 1. The fourth-order valence-corrected chi connectivity index (χ4v) is 3.80. The lowest BCUT2D eigenvalue weighted by Crippen LogP contribution is -2.51. The molecule has 0 bridgehead atoms. The number of carbonyl (C=O) groups is 1. The summed E-state index contributed by atoms with van der Waals surface area (Å²) in [4.78, 5) is 19.1. The molecule has 0 N–H and O–H groups in total. The number of rotatable bonds is 7. The van der Waals surface area contributed by atoms with Crippen LogP contribution in [0.15, 0.2) is 24.3 Å². The van der Waals surface area contributed by atoms with E-state index in [0.29, 0.717) is 19.8 Å². The van der Waals surface area contributed by atoms with E-state index in [9.17, 15) is 4.79 Å². The molecule has 1 aromatic carbocycles. The third kappa shape index (κ3) is 6.98. The minimum atomic E-state index is 0.174. The van der Waals surface area contributed by atoms with Crippen LogP contribution in [-0.4, -0.2) is 92.8 Å². The Balaban J connectivity index is 1.28. The lowest BCUT2D eigenvalue weighted by atomic mass is 9.87. The molecule has 0 saturated carbocycles. The molecule has 0 unspecified atom stereocenters. The van der Waals surface area contributed by atoms with E-state index in [1.54, 1.807) is 0 Å². The van der Waals surface area contributed by atoms with Crippen LogP contribution in [-0.2, 0) is 14.9 Å². The van der Waals surface area contributed by atoms with Gasteiger partial charge in [-0.25, -0.2) is 0 Å². The second kappa shape index (κ2) is 10.4. The first kappa shape index (κ1) is 22.1. The topological polar surface area (TPSA) is 45.2 Å². The van der Waals surface area contributed by atoms with Gasteiger partial charge in [0.1, 0.15) is 5.75 Å². The number of carbonyl (C=O) groups excluding carboxylic acids is 1. The van der Waals surface area contributed by atoms with E-state index in [-0.39, 0.29) is 11.3 Å². The maximum Gasteiger partial charge on any atom is 0.236 e. The second-order valence-corrected chi connectivity index (χ2v) is 9.09. The van der Waals surface area contributed by atoms with Crippen molar-refractivity contribution in [3.8, 4) is 5.75 Å². The fourth-order valence-electron chi connectivity index (χ4n) is 3.80. The molecule has 3 rings (SSSR count). The number of hydrogen-bond donors (Lipinski definition) is 0. The monoisotopic (exact) mass is 403 g/mol. The average Bonchev–Trinajstić information content (AvgIpc) is 2.73. The Bertz CT molecular complexity index is 628. The molecule has 0 atom stereocenters. The van der Waals surface area contributed by atoms with E-state index in [4.69, 9.17) is 9.47 Å². The largest absolute Gasteiger partial charge is 0.494 e. The molecule has 2 saturated heterocycles. The predicted octanol–water partition coefficient (Wildman–Crippen LogP) is 2.23. The van der Waals surface area contributed by atoms with Gasteiger partial charge >= 0.3 is 0 Å². The summed E-state index contributed by atoms with van der Waals surface area (Å²) in [5.74, 6) is 1.19. The summed E-state index contributed by atoms with van der Waals surface area (Å²) in [5.41, 5.74) is 1.50. The fraction of sp³-hybridized carbons (Fsp3) is 0.696. The van der Waals surface area contributed by atoms with Crippen LogP contribution in [0.3, 0.4) is 0 Å². The molecule has 2 aliphatic rings. The van der Waals surface area contributed by atoms with Crippen LogP contribution in [0, 0.1) is 0 Å². The van der Waals surface area contributed by atoms with Crippen molar-refractivity contribution in [1.29, 1.82) is 0 Å². The second-order valence-electron chi connectivity index (χ2n) is 9.09. The van der Waals surface area contributed by atoms with E-state index in [1.165, 1.54) is 5.56 Å². The first-order valence-electron chi connectivity index (χ1n) is 11.0. The lowest BCUT2D eigenvalue weighted by Gasteiger charge is -2.36. The molecule has 2 heterocycles. The molecule has 1 amide bonds. The Morgan fingerprint density at radius 2 is 1.59 bits per heavy atom. The van der Waals surface area contributed by atoms with E-state index in [2.05, 4.69) is 54.8 Å². The van der Waals surface area contributed by atoms with Gasteiger partial charge in [0.05, 0.1) is 26.4 Å². The number of benzene rings is 1. The Hall–Kier alpha value is -1.63. The van der Waals surface area contributed by atoms with Gasteiger partial charge in [0.2, 0.25) is 5.91 Å². The molecule has 2 fully saturated rings. The van der Waals surface area contributed by atoms with Crippen LogP contribution in [0.25, 0.3) is 0 Å². The van der Waals surface area contributed by atoms with Crippen molar-refractivity contribution in [1.82, 2.24) is 14.7 Å². The van der Waals surface area contributed by atoms with E-state index < -0.39 is 0 Å². The highest BCUT2D eigenvalue weighted by atomic mass is 16.5. The first-order valence-corrected chi connectivity index (χ1v) is 11.0. The Kier molecular flexibility index (Phi) is 7.92. The van der Waals surface area contributed by atoms with Gasteiger partial charge in [-0.3, -0.25) is 9.69 Å². The van der Waals surface area contributed by atoms with Gasteiger partial charge in [-0.2, -0.15) is 0 Å². The van der Waals surface area contributed by atoms with Crippen molar-refractivity contribution >= 4 is 5.91 Å². The van der Waals surface area contributed by atoms with Crippen molar-refractivity contribution in [3.05, 3.63) is 29.8 Å². The summed E-state index contributed by atoms with van der Waals surface area (Å²) in [6, 6.07) is 8.47. The quantitative estimate of drug-likeness (QED) is 0.654. The van der Waals surface area contributed by atoms with Gasteiger partial charge in [-0.15, -0.1) is 0 Å². The smallest absolute Gasteiger partial charge is 0.236 e. The zero-order valence-corrected chi connectivity index (χ0v) is 18.4. The zero-order chi connectivity index (χ0) is 20.7.